The summed E-state index contributed by atoms with van der Waals surface area (Å²) in [4.78, 5) is 18.4. The van der Waals surface area contributed by atoms with E-state index < -0.39 is 10.0 Å². The van der Waals surface area contributed by atoms with E-state index in [9.17, 15) is 13.2 Å². The van der Waals surface area contributed by atoms with E-state index in [-0.39, 0.29) is 24.9 Å². The van der Waals surface area contributed by atoms with Crippen LogP contribution in [0.4, 0.5) is 4.79 Å². The molecule has 0 spiro atoms. The van der Waals surface area contributed by atoms with Crippen LogP contribution in [0.3, 0.4) is 0 Å². The Morgan fingerprint density at radius 3 is 2.39 bits per heavy atom. The maximum Gasteiger partial charge on any atom is 0.336 e. The van der Waals surface area contributed by atoms with E-state index in [2.05, 4.69) is 10.4 Å². The fourth-order valence-electron chi connectivity index (χ4n) is 3.27. The summed E-state index contributed by atoms with van der Waals surface area (Å²) in [6.07, 6.45) is 1.56. The van der Waals surface area contributed by atoms with E-state index in [0.717, 1.165) is 16.6 Å². The first-order valence-electron chi connectivity index (χ1n) is 9.03. The zero-order valence-corrected chi connectivity index (χ0v) is 16.0. The molecule has 0 bridgehead atoms. The minimum Gasteiger partial charge on any atom is -0.321 e. The molecule has 0 saturated carbocycles. The highest BCUT2D eigenvalue weighted by Gasteiger charge is 2.29. The van der Waals surface area contributed by atoms with Crippen LogP contribution in [0.2, 0.25) is 0 Å². The van der Waals surface area contributed by atoms with Crippen LogP contribution in [0.25, 0.3) is 11.0 Å². The number of nitrogens with one attached hydrogen (secondary N) is 1. The lowest BCUT2D eigenvalue weighted by atomic mass is 10.2. The number of sulfonamides is 1. The van der Waals surface area contributed by atoms with E-state index in [1.54, 1.807) is 28.0 Å². The lowest BCUT2D eigenvalue weighted by molar-refractivity contribution is 0.182. The van der Waals surface area contributed by atoms with Crippen molar-refractivity contribution in [1.29, 1.82) is 0 Å². The Kier molecular flexibility index (Phi) is 5.01. The largest absolute Gasteiger partial charge is 0.336 e. The third kappa shape index (κ3) is 3.85. The van der Waals surface area contributed by atoms with Crippen molar-refractivity contribution in [2.45, 2.75) is 5.75 Å². The number of imidazole rings is 1. The van der Waals surface area contributed by atoms with Crippen molar-refractivity contribution in [3.63, 3.8) is 0 Å². The molecule has 1 aliphatic rings. The Balaban J connectivity index is 1.36. The van der Waals surface area contributed by atoms with Gasteiger partial charge in [0.05, 0.1) is 16.8 Å². The summed E-state index contributed by atoms with van der Waals surface area (Å²) in [7, 11) is -3.40. The van der Waals surface area contributed by atoms with Gasteiger partial charge in [-0.3, -0.25) is 0 Å². The Morgan fingerprint density at radius 1 is 0.964 bits per heavy atom. The molecule has 2 aromatic carbocycles. The fourth-order valence-corrected chi connectivity index (χ4v) is 4.78. The van der Waals surface area contributed by atoms with Gasteiger partial charge in [-0.05, 0) is 17.7 Å². The van der Waals surface area contributed by atoms with Crippen molar-refractivity contribution < 1.29 is 13.2 Å². The van der Waals surface area contributed by atoms with Crippen LogP contribution in [0.15, 0.2) is 60.9 Å². The zero-order valence-electron chi connectivity index (χ0n) is 15.2. The summed E-state index contributed by atoms with van der Waals surface area (Å²) in [5.41, 5.74) is 5.16. The molecule has 9 heteroatoms. The maximum atomic E-state index is 12.6. The summed E-state index contributed by atoms with van der Waals surface area (Å²) >= 11 is 0. The quantitative estimate of drug-likeness (QED) is 0.725. The number of carbonyl (C=O) groups is 1. The molecule has 146 valence electrons. The van der Waals surface area contributed by atoms with Gasteiger partial charge in [0.1, 0.15) is 6.33 Å². The number of piperazine rings is 1. The smallest absolute Gasteiger partial charge is 0.321 e. The third-order valence-electron chi connectivity index (χ3n) is 4.78. The molecule has 0 atom stereocenters. The molecule has 0 unspecified atom stereocenters. The molecule has 4 rings (SSSR count). The number of hydrogen-bond donors (Lipinski definition) is 1. The number of fused-ring (bicyclic) bond motifs is 1. The van der Waals surface area contributed by atoms with Crippen LogP contribution in [-0.4, -0.2) is 59.5 Å². The van der Waals surface area contributed by atoms with Gasteiger partial charge in [-0.2, -0.15) is 4.31 Å². The molecule has 28 heavy (non-hydrogen) atoms. The van der Waals surface area contributed by atoms with Crippen molar-refractivity contribution in [2.24, 2.45) is 0 Å². The molecule has 2 amide bonds. The molecule has 0 radical (unpaired) electrons. The summed E-state index contributed by atoms with van der Waals surface area (Å²) < 4.78 is 28.3. The fraction of sp³-hybridized carbons (Fsp3) is 0.263. The topological polar surface area (TPSA) is 87.5 Å². The highest BCUT2D eigenvalue weighted by Crippen LogP contribution is 2.14. The highest BCUT2D eigenvalue weighted by atomic mass is 32.2. The van der Waals surface area contributed by atoms with Gasteiger partial charge < -0.3 is 4.90 Å². The third-order valence-corrected chi connectivity index (χ3v) is 6.63. The van der Waals surface area contributed by atoms with E-state index >= 15 is 0 Å². The number of amides is 2. The number of carbonyl (C=O) groups excluding carboxylic acids is 1. The van der Waals surface area contributed by atoms with E-state index in [1.165, 1.54) is 4.31 Å². The summed E-state index contributed by atoms with van der Waals surface area (Å²) in [6.45, 7) is 1.25. The van der Waals surface area contributed by atoms with Gasteiger partial charge in [0, 0.05) is 26.2 Å². The van der Waals surface area contributed by atoms with Crippen LogP contribution >= 0.6 is 0 Å². The van der Waals surface area contributed by atoms with Crippen LogP contribution < -0.4 is 5.43 Å². The Morgan fingerprint density at radius 2 is 1.64 bits per heavy atom. The average molecular weight is 399 g/mol. The number of aromatic nitrogens is 2. The predicted molar refractivity (Wildman–Crippen MR) is 107 cm³/mol. The number of benzene rings is 2. The molecule has 1 N–H and O–H groups in total. The van der Waals surface area contributed by atoms with Gasteiger partial charge in [0.2, 0.25) is 10.0 Å². The second-order valence-electron chi connectivity index (χ2n) is 6.65. The molecule has 1 saturated heterocycles. The Bertz CT molecular complexity index is 1070. The first-order chi connectivity index (χ1) is 13.5. The van der Waals surface area contributed by atoms with Gasteiger partial charge in [-0.15, -0.1) is 0 Å². The van der Waals surface area contributed by atoms with Gasteiger partial charge in [0.15, 0.2) is 0 Å². The van der Waals surface area contributed by atoms with Crippen molar-refractivity contribution in [2.75, 3.05) is 31.6 Å². The summed E-state index contributed by atoms with van der Waals surface area (Å²) in [5.74, 6) is -0.0267. The van der Waals surface area contributed by atoms with Crippen LogP contribution in [-0.2, 0) is 15.8 Å². The first-order valence-corrected chi connectivity index (χ1v) is 10.6. The molecule has 2 heterocycles. The molecule has 3 aromatic rings. The monoisotopic (exact) mass is 399 g/mol. The molecule has 1 aromatic heterocycles. The molecule has 0 aliphatic carbocycles. The minimum atomic E-state index is -3.40. The summed E-state index contributed by atoms with van der Waals surface area (Å²) in [6, 6.07) is 16.3. The van der Waals surface area contributed by atoms with Crippen LogP contribution in [0.1, 0.15) is 5.56 Å². The van der Waals surface area contributed by atoms with Gasteiger partial charge in [-0.25, -0.2) is 28.3 Å². The zero-order chi connectivity index (χ0) is 19.6. The van der Waals surface area contributed by atoms with E-state index in [1.807, 2.05) is 42.5 Å². The number of para-hydroxylation sites is 2. The number of nitrogens with zero attached hydrogens (tertiary/aromatic N) is 4. The van der Waals surface area contributed by atoms with E-state index in [0.29, 0.717) is 13.1 Å². The Labute approximate surface area is 163 Å². The second kappa shape index (κ2) is 7.61. The van der Waals surface area contributed by atoms with Gasteiger partial charge in [0.25, 0.3) is 0 Å². The Hall–Kier alpha value is -2.91. The highest BCUT2D eigenvalue weighted by molar-refractivity contribution is 7.88. The lowest BCUT2D eigenvalue weighted by Gasteiger charge is -2.34. The molecule has 1 fully saturated rings. The predicted octanol–water partition coefficient (Wildman–Crippen LogP) is 1.85. The molecule has 1 aliphatic heterocycles. The standard InChI is InChI=1S/C19H21N5O3S/c25-19(21-24-15-20-17-8-4-5-9-18(17)24)22-10-12-23(13-11-22)28(26,27)14-16-6-2-1-3-7-16/h1-9,15H,10-14H2,(H,21,25). The normalized spacial score (nSPS) is 15.6. The van der Waals surface area contributed by atoms with Gasteiger partial charge >= 0.3 is 6.03 Å². The van der Waals surface area contributed by atoms with E-state index in [4.69, 9.17) is 0 Å². The molecular formula is C19H21N5O3S. The lowest BCUT2D eigenvalue weighted by Crippen LogP contribution is -2.52. The van der Waals surface area contributed by atoms with Gasteiger partial charge in [-0.1, -0.05) is 42.5 Å². The molecular weight excluding hydrogens is 378 g/mol. The van der Waals surface area contributed by atoms with Crippen LogP contribution in [0.5, 0.6) is 0 Å². The number of hydrogen-bond acceptors (Lipinski definition) is 4. The van der Waals surface area contributed by atoms with Crippen molar-refractivity contribution in [3.05, 3.63) is 66.5 Å². The second-order valence-corrected chi connectivity index (χ2v) is 8.62. The number of urea groups is 1. The minimum absolute atomic E-state index is 0.0267. The van der Waals surface area contributed by atoms with Crippen molar-refractivity contribution in [3.8, 4) is 0 Å². The number of rotatable bonds is 4. The first kappa shape index (κ1) is 18.5. The maximum absolute atomic E-state index is 12.6. The van der Waals surface area contributed by atoms with Crippen LogP contribution in [0, 0.1) is 0 Å². The van der Waals surface area contributed by atoms with Crippen molar-refractivity contribution >= 4 is 27.1 Å². The van der Waals surface area contributed by atoms with Crippen molar-refractivity contribution in [1.82, 2.24) is 18.9 Å². The average Bonchev–Trinajstić information content (AvgIpc) is 3.11. The summed E-state index contributed by atoms with van der Waals surface area (Å²) in [5, 5.41) is 0. The molecule has 8 nitrogen and oxygen atoms in total. The SMILES string of the molecule is O=C(Nn1cnc2ccccc21)N1CCN(S(=O)(=O)Cc2ccccc2)CC1.